The molecule has 7 rings (SSSR count). The van der Waals surface area contributed by atoms with Crippen LogP contribution in [0.15, 0.2) is 113 Å². The van der Waals surface area contributed by atoms with Crippen molar-refractivity contribution in [1.82, 2.24) is 0 Å². The third-order valence-electron chi connectivity index (χ3n) is 10.6. The fourth-order valence-electron chi connectivity index (χ4n) is 7.74. The molecule has 0 bridgehead atoms. The summed E-state index contributed by atoms with van der Waals surface area (Å²) in [5.74, 6) is 0. The van der Waals surface area contributed by atoms with E-state index in [1.54, 1.807) is 12.1 Å². The van der Waals surface area contributed by atoms with Gasteiger partial charge in [-0.2, -0.15) is 0 Å². The molecular formula is C42H44Cl2Zr. The SMILES string of the molecule is CC(C)(c1ccccc1)c1ccc2c(c1)-c1cc(C(C)(C)c3ccccc3)c[c]([Zr+2]([C]3=CC=CC3)=[C]3CCCCC3)c1C2.[Cl-].[Cl-]. The van der Waals surface area contributed by atoms with Crippen LogP contribution in [0.2, 0.25) is 0 Å². The molecule has 4 aromatic carbocycles. The van der Waals surface area contributed by atoms with Crippen LogP contribution in [0.3, 0.4) is 0 Å². The Bertz CT molecular complexity index is 1770. The molecular weight excluding hydrogens is 667 g/mol. The molecule has 0 radical (unpaired) electrons. The van der Waals surface area contributed by atoms with Crippen LogP contribution in [-0.2, 0) is 38.5 Å². The second kappa shape index (κ2) is 13.8. The van der Waals surface area contributed by atoms with E-state index in [4.69, 9.17) is 0 Å². The predicted molar refractivity (Wildman–Crippen MR) is 181 cm³/mol. The van der Waals surface area contributed by atoms with Crippen LogP contribution >= 0.6 is 0 Å². The van der Waals surface area contributed by atoms with Gasteiger partial charge in [-0.3, -0.25) is 0 Å². The minimum Gasteiger partial charge on any atom is -1.00 e. The summed E-state index contributed by atoms with van der Waals surface area (Å²) < 4.78 is 5.52. The minimum atomic E-state index is -2.26. The summed E-state index contributed by atoms with van der Waals surface area (Å²) >= 11 is -2.26. The first-order valence-corrected chi connectivity index (χ1v) is 20.0. The Balaban J connectivity index is 0.00000200. The summed E-state index contributed by atoms with van der Waals surface area (Å²) in [7, 11) is 0. The Morgan fingerprint density at radius 1 is 0.600 bits per heavy atom. The van der Waals surface area contributed by atoms with Gasteiger partial charge < -0.3 is 24.8 Å². The summed E-state index contributed by atoms with van der Waals surface area (Å²) in [6.07, 6.45) is 16.4. The molecule has 0 atom stereocenters. The summed E-state index contributed by atoms with van der Waals surface area (Å²) in [4.78, 5) is 0. The van der Waals surface area contributed by atoms with Crippen LogP contribution in [0.25, 0.3) is 11.1 Å². The molecule has 0 aromatic heterocycles. The average Bonchev–Trinajstić information content (AvgIpc) is 3.71. The molecule has 4 aromatic rings. The molecule has 230 valence electrons. The smallest absolute Gasteiger partial charge is 1.00 e. The first kappa shape index (κ1) is 34.0. The molecule has 45 heavy (non-hydrogen) atoms. The number of hydrogen-bond acceptors (Lipinski definition) is 0. The number of fused-ring (bicyclic) bond motifs is 3. The Hall–Kier alpha value is -2.31. The number of benzene rings is 4. The van der Waals surface area contributed by atoms with Gasteiger partial charge in [0.1, 0.15) is 0 Å². The van der Waals surface area contributed by atoms with Gasteiger partial charge in [-0.05, 0) is 0 Å². The zero-order chi connectivity index (χ0) is 29.6. The van der Waals surface area contributed by atoms with Gasteiger partial charge in [0.2, 0.25) is 0 Å². The molecule has 0 N–H and O–H groups in total. The Morgan fingerprint density at radius 3 is 1.80 bits per heavy atom. The van der Waals surface area contributed by atoms with Crippen molar-refractivity contribution in [3.63, 3.8) is 0 Å². The van der Waals surface area contributed by atoms with Crippen LogP contribution in [0, 0.1) is 0 Å². The predicted octanol–water partition coefficient (Wildman–Crippen LogP) is 4.14. The van der Waals surface area contributed by atoms with E-state index < -0.39 is 21.3 Å². The molecule has 1 fully saturated rings. The molecule has 0 nitrogen and oxygen atoms in total. The fourth-order valence-corrected chi connectivity index (χ4v) is 16.2. The normalized spacial score (nSPS) is 15.3. The van der Waals surface area contributed by atoms with Gasteiger partial charge in [-0.1, -0.05) is 0 Å². The molecule has 3 aliphatic carbocycles. The van der Waals surface area contributed by atoms with Gasteiger partial charge in [-0.25, -0.2) is 0 Å². The summed E-state index contributed by atoms with van der Waals surface area (Å²) in [5, 5.41) is 0. The molecule has 3 aliphatic rings. The number of halogens is 2. The van der Waals surface area contributed by atoms with E-state index in [1.807, 2.05) is 3.21 Å². The van der Waals surface area contributed by atoms with Crippen molar-refractivity contribution < 1.29 is 46.1 Å². The van der Waals surface area contributed by atoms with Crippen LogP contribution in [0.1, 0.15) is 99.6 Å². The molecule has 0 aliphatic heterocycles. The van der Waals surface area contributed by atoms with E-state index in [-0.39, 0.29) is 35.6 Å². The van der Waals surface area contributed by atoms with Crippen molar-refractivity contribution in [3.05, 3.63) is 146 Å². The van der Waals surface area contributed by atoms with Gasteiger partial charge in [0.05, 0.1) is 0 Å². The first-order valence-electron chi connectivity index (χ1n) is 16.3. The molecule has 0 unspecified atom stereocenters. The third kappa shape index (κ3) is 6.35. The molecule has 3 heteroatoms. The van der Waals surface area contributed by atoms with Gasteiger partial charge in [0, 0.05) is 0 Å². The maximum Gasteiger partial charge on any atom is -1.00 e. The second-order valence-electron chi connectivity index (χ2n) is 13.9. The summed E-state index contributed by atoms with van der Waals surface area (Å²) in [6, 6.07) is 34.9. The molecule has 0 spiro atoms. The average molecular weight is 711 g/mol. The largest absolute Gasteiger partial charge is 1.00 e. The molecule has 0 heterocycles. The molecule has 0 amide bonds. The zero-order valence-electron chi connectivity index (χ0n) is 27.1. The van der Waals surface area contributed by atoms with Crippen molar-refractivity contribution in [2.24, 2.45) is 0 Å². The van der Waals surface area contributed by atoms with E-state index in [0.717, 1.165) is 6.42 Å². The maximum absolute atomic E-state index is 2.71. The van der Waals surface area contributed by atoms with E-state index in [1.165, 1.54) is 77.5 Å². The van der Waals surface area contributed by atoms with Crippen molar-refractivity contribution in [2.45, 2.75) is 83.5 Å². The first-order chi connectivity index (χ1) is 20.8. The van der Waals surface area contributed by atoms with E-state index >= 15 is 0 Å². The van der Waals surface area contributed by atoms with Crippen molar-refractivity contribution in [1.29, 1.82) is 0 Å². The van der Waals surface area contributed by atoms with Crippen LogP contribution in [0.5, 0.6) is 0 Å². The molecule has 0 saturated heterocycles. The van der Waals surface area contributed by atoms with E-state index in [2.05, 4.69) is 137 Å². The van der Waals surface area contributed by atoms with Gasteiger partial charge in [-0.15, -0.1) is 0 Å². The van der Waals surface area contributed by atoms with Crippen molar-refractivity contribution in [3.8, 4) is 11.1 Å². The van der Waals surface area contributed by atoms with E-state index in [0.29, 0.717) is 0 Å². The second-order valence-corrected chi connectivity index (χ2v) is 20.4. The molecule has 1 saturated carbocycles. The van der Waals surface area contributed by atoms with E-state index in [9.17, 15) is 0 Å². The van der Waals surface area contributed by atoms with Gasteiger partial charge >= 0.3 is 268 Å². The van der Waals surface area contributed by atoms with Crippen LogP contribution in [0.4, 0.5) is 0 Å². The van der Waals surface area contributed by atoms with Crippen LogP contribution < -0.4 is 28.1 Å². The third-order valence-corrected chi connectivity index (χ3v) is 18.5. The monoisotopic (exact) mass is 708 g/mol. The minimum absolute atomic E-state index is 0. The fraction of sp³-hybridized carbons (Fsp3) is 0.310. The Labute approximate surface area is 291 Å². The topological polar surface area (TPSA) is 0 Å². The number of allylic oxidation sites excluding steroid dienone is 4. The quantitative estimate of drug-likeness (QED) is 0.249. The Kier molecular flexibility index (Phi) is 10.5. The zero-order valence-corrected chi connectivity index (χ0v) is 31.1. The summed E-state index contributed by atoms with van der Waals surface area (Å²) in [5.41, 5.74) is 11.7. The van der Waals surface area contributed by atoms with Crippen molar-refractivity contribution in [2.75, 3.05) is 0 Å². The number of rotatable bonds is 6. The van der Waals surface area contributed by atoms with Gasteiger partial charge in [0.15, 0.2) is 0 Å². The number of hydrogen-bond donors (Lipinski definition) is 0. The van der Waals surface area contributed by atoms with Crippen molar-refractivity contribution >= 4 is 6.48 Å². The Morgan fingerprint density at radius 2 is 1.20 bits per heavy atom. The van der Waals surface area contributed by atoms with Crippen LogP contribution in [-0.4, -0.2) is 3.21 Å². The van der Waals surface area contributed by atoms with Gasteiger partial charge in [0.25, 0.3) is 0 Å². The maximum atomic E-state index is 2.71. The standard InChI is InChI=1S/C31H29.C6H10.C5H5.2ClH.Zr/c1-30(2,24-11-7-5-8-12-24)26-17-15-22-19-23-16-18-27(21-29(23)28(22)20-26)31(3,4)25-13-9-6-10-14-25;1-2-4-6-5-3-1;1-2-4-5-3-1;;;/h5-15,17-18,20-21H,19H2,1-4H3;1-5H2;1-3H,4H2;2*1H;/q;;;;;+2/p-2. The summed E-state index contributed by atoms with van der Waals surface area (Å²) in [6.45, 7) is 9.63.